The van der Waals surface area contributed by atoms with Crippen LogP contribution in [0.3, 0.4) is 0 Å². The van der Waals surface area contributed by atoms with E-state index in [9.17, 15) is 20.1 Å². The van der Waals surface area contributed by atoms with Crippen molar-refractivity contribution < 1.29 is 44.3 Å². The molecule has 0 amide bonds. The van der Waals surface area contributed by atoms with Gasteiger partial charge >= 0.3 is 5.97 Å². The number of aliphatic hydroxyl groups is 2. The Kier molecular flexibility index (Phi) is 4.68. The van der Waals surface area contributed by atoms with Gasteiger partial charge in [-0.25, -0.2) is 4.79 Å². The molecule has 0 spiro atoms. The predicted molar refractivity (Wildman–Crippen MR) is 77.6 cm³/mol. The van der Waals surface area contributed by atoms with E-state index in [1.54, 1.807) is 13.8 Å². The summed E-state index contributed by atoms with van der Waals surface area (Å²) in [6.45, 7) is 5.65. The van der Waals surface area contributed by atoms with Gasteiger partial charge in [0, 0.05) is 0 Å². The normalized spacial score (nSPS) is 34.1. The summed E-state index contributed by atoms with van der Waals surface area (Å²) in [5.41, 5.74) is -5.56. The number of ether oxygens (including phenoxy) is 4. The zero-order valence-corrected chi connectivity index (χ0v) is 13.9. The standard InChI is InChI=1S/C14H23NO9/c1-11(2)21-5-8(23-11)13(18,7-15-20)14(19,10(16)17)9-6-22-12(3,4)24-9/h7-9,18-20H,5-6H2,1-4H3,(H,16,17)/b15-7+/t8-,9-,13+,14+/m1/s1. The maximum absolute atomic E-state index is 11.9. The number of hydrogen-bond donors (Lipinski definition) is 4. The first-order valence-electron chi connectivity index (χ1n) is 7.38. The van der Waals surface area contributed by atoms with Crippen molar-refractivity contribution in [1.82, 2.24) is 0 Å². The van der Waals surface area contributed by atoms with Gasteiger partial charge in [0.2, 0.25) is 5.60 Å². The molecule has 0 unspecified atom stereocenters. The van der Waals surface area contributed by atoms with E-state index in [1.165, 1.54) is 13.8 Å². The van der Waals surface area contributed by atoms with Gasteiger partial charge < -0.3 is 39.5 Å². The van der Waals surface area contributed by atoms with Crippen molar-refractivity contribution in [3.05, 3.63) is 0 Å². The maximum Gasteiger partial charge on any atom is 0.342 e. The highest BCUT2D eigenvalue weighted by Gasteiger charge is 2.68. The van der Waals surface area contributed by atoms with Crippen LogP contribution in [0.25, 0.3) is 0 Å². The van der Waals surface area contributed by atoms with E-state index in [0.29, 0.717) is 6.21 Å². The van der Waals surface area contributed by atoms with Crippen LogP contribution in [0.5, 0.6) is 0 Å². The van der Waals surface area contributed by atoms with Crippen LogP contribution in [0.4, 0.5) is 0 Å². The molecule has 0 radical (unpaired) electrons. The molecule has 2 saturated heterocycles. The Morgan fingerprint density at radius 1 is 1.08 bits per heavy atom. The first-order chi connectivity index (χ1) is 10.9. The minimum Gasteiger partial charge on any atom is -0.479 e. The van der Waals surface area contributed by atoms with Crippen LogP contribution >= 0.6 is 0 Å². The second kappa shape index (κ2) is 5.90. The quantitative estimate of drug-likeness (QED) is 0.287. The number of hydrogen-bond acceptors (Lipinski definition) is 9. The molecule has 4 N–H and O–H groups in total. The van der Waals surface area contributed by atoms with Crippen LogP contribution < -0.4 is 0 Å². The first-order valence-corrected chi connectivity index (χ1v) is 7.38. The molecular formula is C14H23NO9. The van der Waals surface area contributed by atoms with Gasteiger partial charge in [-0.3, -0.25) is 0 Å². The van der Waals surface area contributed by atoms with Gasteiger partial charge in [0.1, 0.15) is 12.2 Å². The molecular weight excluding hydrogens is 326 g/mol. The number of aliphatic carboxylic acids is 1. The summed E-state index contributed by atoms with van der Waals surface area (Å²) in [6, 6.07) is 0. The Balaban J connectivity index is 2.46. The molecule has 0 aromatic carbocycles. The van der Waals surface area contributed by atoms with E-state index in [0.717, 1.165) is 0 Å². The van der Waals surface area contributed by atoms with Gasteiger partial charge in [0.15, 0.2) is 17.2 Å². The second-order valence-electron chi connectivity index (χ2n) is 6.78. The fourth-order valence-electron chi connectivity index (χ4n) is 2.88. The van der Waals surface area contributed by atoms with Crippen LogP contribution in [0.1, 0.15) is 27.7 Å². The number of carboxylic acids is 1. The van der Waals surface area contributed by atoms with Gasteiger partial charge in [-0.15, -0.1) is 0 Å². The summed E-state index contributed by atoms with van der Waals surface area (Å²) in [4.78, 5) is 11.9. The zero-order valence-electron chi connectivity index (χ0n) is 13.9. The molecule has 0 bridgehead atoms. The predicted octanol–water partition coefficient (Wildman–Crippen LogP) is -0.704. The third kappa shape index (κ3) is 3.01. The highest BCUT2D eigenvalue weighted by atomic mass is 16.8. The average Bonchev–Trinajstić information content (AvgIpc) is 3.00. The Labute approximate surface area is 138 Å². The Bertz CT molecular complexity index is 534. The van der Waals surface area contributed by atoms with E-state index < -0.39 is 41.0 Å². The number of carboxylic acid groups (broad SMARTS) is 1. The SMILES string of the molecule is CC1(C)OC[C@H]([C@](O)(C(=O)O)[C@](O)(/C=N/O)[C@H]2COC(C)(C)O2)O1. The van der Waals surface area contributed by atoms with Crippen molar-refractivity contribution in [2.24, 2.45) is 5.16 Å². The highest BCUT2D eigenvalue weighted by Crippen LogP contribution is 2.40. The molecule has 4 atom stereocenters. The third-order valence-electron chi connectivity index (χ3n) is 4.16. The minimum absolute atomic E-state index is 0.234. The molecule has 0 aliphatic carbocycles. The fraction of sp³-hybridized carbons (Fsp3) is 0.857. The van der Waals surface area contributed by atoms with Gasteiger partial charge in [0.05, 0.1) is 19.4 Å². The lowest BCUT2D eigenvalue weighted by atomic mass is 9.75. The van der Waals surface area contributed by atoms with Crippen molar-refractivity contribution in [3.8, 4) is 0 Å². The maximum atomic E-state index is 11.9. The Morgan fingerprint density at radius 3 is 1.88 bits per heavy atom. The summed E-state index contributed by atoms with van der Waals surface area (Å²) in [5.74, 6) is -4.06. The van der Waals surface area contributed by atoms with Gasteiger partial charge in [-0.2, -0.15) is 0 Å². The molecule has 138 valence electrons. The Morgan fingerprint density at radius 2 is 1.54 bits per heavy atom. The molecule has 0 aromatic heterocycles. The second-order valence-corrected chi connectivity index (χ2v) is 6.78. The summed E-state index contributed by atoms with van der Waals surface area (Å²) in [7, 11) is 0. The summed E-state index contributed by atoms with van der Waals surface area (Å²) in [6.07, 6.45) is -2.26. The highest BCUT2D eigenvalue weighted by molar-refractivity contribution is 5.88. The van der Waals surface area contributed by atoms with E-state index >= 15 is 0 Å². The number of carbonyl (C=O) groups is 1. The molecule has 2 aliphatic rings. The largest absolute Gasteiger partial charge is 0.479 e. The molecule has 10 heteroatoms. The van der Waals surface area contributed by atoms with Gasteiger partial charge in [-0.1, -0.05) is 5.16 Å². The van der Waals surface area contributed by atoms with E-state index in [4.69, 9.17) is 24.2 Å². The van der Waals surface area contributed by atoms with Crippen molar-refractivity contribution in [2.45, 2.75) is 62.7 Å². The average molecular weight is 349 g/mol. The fourth-order valence-corrected chi connectivity index (χ4v) is 2.88. The monoisotopic (exact) mass is 349 g/mol. The Hall–Kier alpha value is -1.30. The van der Waals surface area contributed by atoms with Gasteiger partial charge in [0.25, 0.3) is 0 Å². The van der Waals surface area contributed by atoms with Crippen LogP contribution in [-0.2, 0) is 23.7 Å². The minimum atomic E-state index is -2.92. The van der Waals surface area contributed by atoms with Crippen LogP contribution in [0.2, 0.25) is 0 Å². The number of nitrogens with zero attached hydrogens (tertiary/aromatic N) is 1. The van der Waals surface area contributed by atoms with Crippen molar-refractivity contribution in [1.29, 1.82) is 0 Å². The van der Waals surface area contributed by atoms with Crippen molar-refractivity contribution >= 4 is 12.2 Å². The van der Waals surface area contributed by atoms with E-state index in [-0.39, 0.29) is 13.2 Å². The van der Waals surface area contributed by atoms with Gasteiger partial charge in [-0.05, 0) is 27.7 Å². The van der Waals surface area contributed by atoms with Crippen molar-refractivity contribution in [3.63, 3.8) is 0 Å². The topological polar surface area (TPSA) is 147 Å². The molecule has 0 saturated carbocycles. The summed E-state index contributed by atoms with van der Waals surface area (Å²) >= 11 is 0. The molecule has 10 nitrogen and oxygen atoms in total. The first kappa shape index (κ1) is 19.0. The zero-order chi connectivity index (χ0) is 18.4. The molecule has 2 aliphatic heterocycles. The lowest BCUT2D eigenvalue weighted by molar-refractivity contribution is -0.242. The molecule has 2 heterocycles. The van der Waals surface area contributed by atoms with E-state index in [1.807, 2.05) is 0 Å². The summed E-state index contributed by atoms with van der Waals surface area (Å²) in [5, 5.41) is 43.2. The van der Waals surface area contributed by atoms with E-state index in [2.05, 4.69) is 5.16 Å². The van der Waals surface area contributed by atoms with Crippen LogP contribution in [-0.4, -0.2) is 80.9 Å². The lowest BCUT2D eigenvalue weighted by Gasteiger charge is -2.43. The van der Waals surface area contributed by atoms with Crippen LogP contribution in [0.15, 0.2) is 5.16 Å². The summed E-state index contributed by atoms with van der Waals surface area (Å²) < 4.78 is 21.5. The molecule has 24 heavy (non-hydrogen) atoms. The molecule has 2 rings (SSSR count). The molecule has 2 fully saturated rings. The van der Waals surface area contributed by atoms with Crippen molar-refractivity contribution in [2.75, 3.05) is 13.2 Å². The third-order valence-corrected chi connectivity index (χ3v) is 4.16. The van der Waals surface area contributed by atoms with Crippen LogP contribution in [0, 0.1) is 0 Å². The smallest absolute Gasteiger partial charge is 0.342 e. The molecule has 0 aromatic rings. The lowest BCUT2D eigenvalue weighted by Crippen LogP contribution is -2.72. The number of rotatable bonds is 5. The number of oxime groups is 1.